The molecule has 2 rings (SSSR count). The maximum Gasteiger partial charge on any atom is 0.123 e. The predicted octanol–water partition coefficient (Wildman–Crippen LogP) is 3.03. The van der Waals surface area contributed by atoms with E-state index < -0.39 is 0 Å². The van der Waals surface area contributed by atoms with Crippen molar-refractivity contribution < 1.29 is 4.74 Å². The molecule has 1 aromatic heterocycles. The second-order valence-electron chi connectivity index (χ2n) is 3.92. The zero-order valence-corrected chi connectivity index (χ0v) is 10.9. The third-order valence-corrected chi connectivity index (χ3v) is 2.87. The Kier molecular flexibility index (Phi) is 4.56. The summed E-state index contributed by atoms with van der Waals surface area (Å²) < 4.78 is 5.29. The highest BCUT2D eigenvalue weighted by atomic mass is 35.5. The molecule has 0 saturated heterocycles. The van der Waals surface area contributed by atoms with Crippen LogP contribution in [0.4, 0.5) is 0 Å². The van der Waals surface area contributed by atoms with Crippen LogP contribution < -0.4 is 10.1 Å². The van der Waals surface area contributed by atoms with Gasteiger partial charge in [-0.2, -0.15) is 0 Å². The zero-order valence-electron chi connectivity index (χ0n) is 10.2. The Morgan fingerprint density at radius 3 is 2.67 bits per heavy atom. The van der Waals surface area contributed by atoms with Crippen molar-refractivity contribution in [1.82, 2.24) is 10.3 Å². The van der Waals surface area contributed by atoms with Crippen LogP contribution in [-0.4, -0.2) is 12.1 Å². The van der Waals surface area contributed by atoms with E-state index >= 15 is 0 Å². The number of pyridine rings is 1. The molecule has 0 bridgehead atoms. The fraction of sp³-hybridized carbons (Fsp3) is 0.214. The van der Waals surface area contributed by atoms with Crippen molar-refractivity contribution in [3.05, 3.63) is 58.9 Å². The third kappa shape index (κ3) is 3.45. The molecule has 0 aliphatic carbocycles. The monoisotopic (exact) mass is 262 g/mol. The lowest BCUT2D eigenvalue weighted by Crippen LogP contribution is -2.13. The van der Waals surface area contributed by atoms with Crippen LogP contribution in [0.3, 0.4) is 0 Å². The minimum Gasteiger partial charge on any atom is -0.496 e. The van der Waals surface area contributed by atoms with Crippen LogP contribution in [0, 0.1) is 0 Å². The van der Waals surface area contributed by atoms with Gasteiger partial charge in [-0.15, -0.1) is 0 Å². The Hall–Kier alpha value is -1.58. The van der Waals surface area contributed by atoms with E-state index in [2.05, 4.69) is 10.3 Å². The molecule has 18 heavy (non-hydrogen) atoms. The molecule has 94 valence electrons. The number of methoxy groups -OCH3 is 1. The van der Waals surface area contributed by atoms with Crippen molar-refractivity contribution in [3.8, 4) is 5.75 Å². The van der Waals surface area contributed by atoms with Gasteiger partial charge in [0.05, 0.1) is 7.11 Å². The number of nitrogens with one attached hydrogen (secondary N) is 1. The fourth-order valence-electron chi connectivity index (χ4n) is 1.73. The summed E-state index contributed by atoms with van der Waals surface area (Å²) in [5, 5.41) is 4.07. The van der Waals surface area contributed by atoms with Crippen LogP contribution in [0.25, 0.3) is 0 Å². The molecule has 0 radical (unpaired) electrons. The molecule has 0 spiro atoms. The summed E-state index contributed by atoms with van der Waals surface area (Å²) in [7, 11) is 1.66. The van der Waals surface area contributed by atoms with E-state index in [1.807, 2.05) is 30.3 Å². The van der Waals surface area contributed by atoms with Gasteiger partial charge in [-0.25, -0.2) is 0 Å². The maximum absolute atomic E-state index is 5.98. The first-order valence-electron chi connectivity index (χ1n) is 5.71. The molecular weight excluding hydrogens is 248 g/mol. The Morgan fingerprint density at radius 2 is 1.94 bits per heavy atom. The number of rotatable bonds is 5. The normalized spacial score (nSPS) is 10.3. The number of aromatic nitrogens is 1. The molecule has 0 atom stereocenters. The standard InChI is InChI=1S/C14H15ClN2O/c1-18-14-3-2-13(15)8-12(14)10-17-9-11-4-6-16-7-5-11/h2-8,17H,9-10H2,1H3. The molecule has 0 aliphatic heterocycles. The summed E-state index contributed by atoms with van der Waals surface area (Å²) in [6.45, 7) is 1.50. The second-order valence-corrected chi connectivity index (χ2v) is 4.35. The number of benzene rings is 1. The molecule has 0 amide bonds. The number of hydrogen-bond donors (Lipinski definition) is 1. The van der Waals surface area contributed by atoms with E-state index in [0.717, 1.165) is 22.9 Å². The molecule has 0 aliphatic rings. The Bertz CT molecular complexity index is 502. The van der Waals surface area contributed by atoms with Crippen LogP contribution in [0.1, 0.15) is 11.1 Å². The van der Waals surface area contributed by atoms with Crippen molar-refractivity contribution in [2.75, 3.05) is 7.11 Å². The first-order chi connectivity index (χ1) is 8.79. The maximum atomic E-state index is 5.98. The molecule has 4 heteroatoms. The van der Waals surface area contributed by atoms with E-state index in [0.29, 0.717) is 6.54 Å². The van der Waals surface area contributed by atoms with Gasteiger partial charge in [-0.05, 0) is 35.9 Å². The molecular formula is C14H15ClN2O. The van der Waals surface area contributed by atoms with Crippen LogP contribution in [0.15, 0.2) is 42.7 Å². The lowest BCUT2D eigenvalue weighted by atomic mass is 10.2. The van der Waals surface area contributed by atoms with E-state index in [1.165, 1.54) is 5.56 Å². The smallest absolute Gasteiger partial charge is 0.123 e. The zero-order chi connectivity index (χ0) is 12.8. The van der Waals surface area contributed by atoms with Crippen molar-refractivity contribution in [3.63, 3.8) is 0 Å². The topological polar surface area (TPSA) is 34.1 Å². The third-order valence-electron chi connectivity index (χ3n) is 2.64. The van der Waals surface area contributed by atoms with Crippen molar-refractivity contribution in [2.45, 2.75) is 13.1 Å². The molecule has 1 N–H and O–H groups in total. The van der Waals surface area contributed by atoms with Crippen LogP contribution in [0.5, 0.6) is 5.75 Å². The lowest BCUT2D eigenvalue weighted by Gasteiger charge is -2.10. The number of ether oxygens (including phenoxy) is 1. The molecule has 1 aromatic carbocycles. The van der Waals surface area contributed by atoms with Gasteiger partial charge in [0.15, 0.2) is 0 Å². The summed E-state index contributed by atoms with van der Waals surface area (Å²) in [4.78, 5) is 3.99. The van der Waals surface area contributed by atoms with Gasteiger partial charge in [-0.3, -0.25) is 4.98 Å². The van der Waals surface area contributed by atoms with Crippen LogP contribution in [-0.2, 0) is 13.1 Å². The SMILES string of the molecule is COc1ccc(Cl)cc1CNCc1ccncc1. The number of nitrogens with zero attached hydrogens (tertiary/aromatic N) is 1. The van der Waals surface area contributed by atoms with E-state index in [-0.39, 0.29) is 0 Å². The van der Waals surface area contributed by atoms with Crippen molar-refractivity contribution in [2.24, 2.45) is 0 Å². The van der Waals surface area contributed by atoms with Gasteiger partial charge < -0.3 is 10.1 Å². The first-order valence-corrected chi connectivity index (χ1v) is 6.09. The summed E-state index contributed by atoms with van der Waals surface area (Å²) in [6, 6.07) is 9.60. The summed E-state index contributed by atoms with van der Waals surface area (Å²) >= 11 is 5.98. The highest BCUT2D eigenvalue weighted by molar-refractivity contribution is 6.30. The summed E-state index contributed by atoms with van der Waals surface area (Å²) in [5.74, 6) is 0.849. The molecule has 0 fully saturated rings. The van der Waals surface area contributed by atoms with Crippen molar-refractivity contribution in [1.29, 1.82) is 0 Å². The largest absolute Gasteiger partial charge is 0.496 e. The fourth-order valence-corrected chi connectivity index (χ4v) is 1.92. The Balaban J connectivity index is 1.96. The van der Waals surface area contributed by atoms with Gasteiger partial charge in [0.25, 0.3) is 0 Å². The first kappa shape index (κ1) is 12.9. The Morgan fingerprint density at radius 1 is 1.17 bits per heavy atom. The quantitative estimate of drug-likeness (QED) is 0.899. The summed E-state index contributed by atoms with van der Waals surface area (Å²) in [6.07, 6.45) is 3.58. The molecule has 1 heterocycles. The molecule has 3 nitrogen and oxygen atoms in total. The van der Waals surface area contributed by atoms with Gasteiger partial charge in [0, 0.05) is 36.1 Å². The second kappa shape index (κ2) is 6.38. The van der Waals surface area contributed by atoms with Gasteiger partial charge in [0.2, 0.25) is 0 Å². The number of hydrogen-bond acceptors (Lipinski definition) is 3. The highest BCUT2D eigenvalue weighted by Crippen LogP contribution is 2.22. The van der Waals surface area contributed by atoms with E-state index in [1.54, 1.807) is 19.5 Å². The Labute approximate surface area is 112 Å². The van der Waals surface area contributed by atoms with Gasteiger partial charge in [-0.1, -0.05) is 11.6 Å². The minimum atomic E-state index is 0.714. The van der Waals surface area contributed by atoms with Crippen LogP contribution >= 0.6 is 11.6 Å². The van der Waals surface area contributed by atoms with Crippen molar-refractivity contribution >= 4 is 11.6 Å². The van der Waals surface area contributed by atoms with Gasteiger partial charge >= 0.3 is 0 Å². The minimum absolute atomic E-state index is 0.714. The highest BCUT2D eigenvalue weighted by Gasteiger charge is 2.03. The average molecular weight is 263 g/mol. The molecule has 0 unspecified atom stereocenters. The van der Waals surface area contributed by atoms with Crippen LogP contribution in [0.2, 0.25) is 5.02 Å². The summed E-state index contributed by atoms with van der Waals surface area (Å²) in [5.41, 5.74) is 2.25. The molecule has 0 saturated carbocycles. The predicted molar refractivity (Wildman–Crippen MR) is 72.8 cm³/mol. The van der Waals surface area contributed by atoms with Gasteiger partial charge in [0.1, 0.15) is 5.75 Å². The van der Waals surface area contributed by atoms with E-state index in [9.17, 15) is 0 Å². The lowest BCUT2D eigenvalue weighted by molar-refractivity contribution is 0.407. The number of halogens is 1. The average Bonchev–Trinajstić information content (AvgIpc) is 2.40. The molecule has 2 aromatic rings. The van der Waals surface area contributed by atoms with E-state index in [4.69, 9.17) is 16.3 Å².